The van der Waals surface area contributed by atoms with E-state index in [2.05, 4.69) is 31.3 Å². The predicted molar refractivity (Wildman–Crippen MR) is 58.2 cm³/mol. The summed E-state index contributed by atoms with van der Waals surface area (Å²) in [5.41, 5.74) is 2.58. The molecule has 0 bridgehead atoms. The lowest BCUT2D eigenvalue weighted by atomic mass is 10.0. The standard InChI is InChI=1S/C12H18FN/c1-10-6-3-4-7-12(10)11(2)14-9-5-8-13/h3-4,6-7,11,14H,5,8-9H2,1-2H3. The van der Waals surface area contributed by atoms with Crippen molar-refractivity contribution in [3.63, 3.8) is 0 Å². The smallest absolute Gasteiger partial charge is 0.0906 e. The van der Waals surface area contributed by atoms with Gasteiger partial charge < -0.3 is 5.32 Å². The summed E-state index contributed by atoms with van der Waals surface area (Å²) in [6.45, 7) is 4.71. The van der Waals surface area contributed by atoms with Crippen LogP contribution in [0.25, 0.3) is 0 Å². The third kappa shape index (κ3) is 3.11. The zero-order valence-electron chi connectivity index (χ0n) is 8.89. The molecule has 0 fully saturated rings. The SMILES string of the molecule is Cc1ccccc1C(C)NCCCF. The zero-order chi connectivity index (χ0) is 10.4. The van der Waals surface area contributed by atoms with E-state index in [9.17, 15) is 4.39 Å². The second-order valence-electron chi connectivity index (χ2n) is 3.57. The van der Waals surface area contributed by atoms with E-state index >= 15 is 0 Å². The minimum absolute atomic E-state index is 0.243. The lowest BCUT2D eigenvalue weighted by molar-refractivity contribution is 0.445. The van der Waals surface area contributed by atoms with Crippen LogP contribution in [-0.2, 0) is 0 Å². The summed E-state index contributed by atoms with van der Waals surface area (Å²) >= 11 is 0. The quantitative estimate of drug-likeness (QED) is 0.712. The molecule has 0 aromatic heterocycles. The molecule has 1 aromatic carbocycles. The molecule has 0 aliphatic carbocycles. The number of benzene rings is 1. The van der Waals surface area contributed by atoms with Gasteiger partial charge in [-0.3, -0.25) is 4.39 Å². The van der Waals surface area contributed by atoms with Gasteiger partial charge in [0.25, 0.3) is 0 Å². The van der Waals surface area contributed by atoms with Crippen LogP contribution in [0.1, 0.15) is 30.5 Å². The van der Waals surface area contributed by atoms with Gasteiger partial charge in [0.05, 0.1) is 6.67 Å². The summed E-state index contributed by atoms with van der Waals surface area (Å²) in [5.74, 6) is 0. The van der Waals surface area contributed by atoms with Crippen molar-refractivity contribution in [1.29, 1.82) is 0 Å². The predicted octanol–water partition coefficient (Wildman–Crippen LogP) is 3.01. The van der Waals surface area contributed by atoms with E-state index in [1.54, 1.807) is 0 Å². The van der Waals surface area contributed by atoms with Gasteiger partial charge in [-0.25, -0.2) is 0 Å². The van der Waals surface area contributed by atoms with Crippen molar-refractivity contribution in [2.45, 2.75) is 26.3 Å². The van der Waals surface area contributed by atoms with Crippen LogP contribution in [0.4, 0.5) is 4.39 Å². The van der Waals surface area contributed by atoms with Crippen molar-refractivity contribution in [3.8, 4) is 0 Å². The second-order valence-corrected chi connectivity index (χ2v) is 3.57. The lowest BCUT2D eigenvalue weighted by Crippen LogP contribution is -2.20. The van der Waals surface area contributed by atoms with E-state index in [0.717, 1.165) is 6.54 Å². The lowest BCUT2D eigenvalue weighted by Gasteiger charge is -2.15. The first-order valence-corrected chi connectivity index (χ1v) is 5.10. The maximum atomic E-state index is 11.9. The van der Waals surface area contributed by atoms with Crippen LogP contribution in [0.15, 0.2) is 24.3 Å². The van der Waals surface area contributed by atoms with Crippen molar-refractivity contribution in [2.24, 2.45) is 0 Å². The monoisotopic (exact) mass is 195 g/mol. The van der Waals surface area contributed by atoms with Gasteiger partial charge >= 0.3 is 0 Å². The Hall–Kier alpha value is -0.890. The highest BCUT2D eigenvalue weighted by molar-refractivity contribution is 5.28. The Morgan fingerprint density at radius 1 is 1.36 bits per heavy atom. The van der Waals surface area contributed by atoms with Crippen LogP contribution >= 0.6 is 0 Å². The molecule has 1 rings (SSSR count). The summed E-state index contributed by atoms with van der Waals surface area (Å²) < 4.78 is 11.9. The summed E-state index contributed by atoms with van der Waals surface area (Å²) in [6.07, 6.45) is 0.593. The molecule has 0 saturated heterocycles. The molecule has 1 atom stereocenters. The fourth-order valence-electron chi connectivity index (χ4n) is 1.57. The Kier molecular flexibility index (Phi) is 4.60. The van der Waals surface area contributed by atoms with Gasteiger partial charge in [-0.2, -0.15) is 0 Å². The van der Waals surface area contributed by atoms with E-state index in [1.807, 2.05) is 12.1 Å². The van der Waals surface area contributed by atoms with Gasteiger partial charge in [0.2, 0.25) is 0 Å². The van der Waals surface area contributed by atoms with Crippen LogP contribution in [0.3, 0.4) is 0 Å². The van der Waals surface area contributed by atoms with Gasteiger partial charge in [0, 0.05) is 6.04 Å². The minimum Gasteiger partial charge on any atom is -0.310 e. The molecule has 0 radical (unpaired) electrons. The Morgan fingerprint density at radius 3 is 2.71 bits per heavy atom. The molecule has 0 amide bonds. The fraction of sp³-hybridized carbons (Fsp3) is 0.500. The third-order valence-corrected chi connectivity index (χ3v) is 2.42. The molecule has 14 heavy (non-hydrogen) atoms. The van der Waals surface area contributed by atoms with Crippen molar-refractivity contribution in [2.75, 3.05) is 13.2 Å². The normalized spacial score (nSPS) is 12.8. The number of nitrogens with one attached hydrogen (secondary N) is 1. The Labute approximate surface area is 85.3 Å². The Balaban J connectivity index is 2.51. The Morgan fingerprint density at radius 2 is 2.07 bits per heavy atom. The van der Waals surface area contributed by atoms with Gasteiger partial charge in [-0.15, -0.1) is 0 Å². The molecule has 78 valence electrons. The molecule has 1 N–H and O–H groups in total. The topological polar surface area (TPSA) is 12.0 Å². The fourth-order valence-corrected chi connectivity index (χ4v) is 1.57. The minimum atomic E-state index is -0.243. The summed E-state index contributed by atoms with van der Waals surface area (Å²) in [5, 5.41) is 3.30. The van der Waals surface area contributed by atoms with Crippen LogP contribution in [0.2, 0.25) is 0 Å². The Bertz CT molecular complexity index is 273. The summed E-state index contributed by atoms with van der Waals surface area (Å²) in [4.78, 5) is 0. The summed E-state index contributed by atoms with van der Waals surface area (Å²) in [6, 6.07) is 8.59. The molecule has 1 nitrogen and oxygen atoms in total. The van der Waals surface area contributed by atoms with Gasteiger partial charge in [-0.1, -0.05) is 24.3 Å². The van der Waals surface area contributed by atoms with E-state index in [-0.39, 0.29) is 6.67 Å². The molecule has 0 aliphatic heterocycles. The number of aryl methyl sites for hydroxylation is 1. The van der Waals surface area contributed by atoms with Gasteiger partial charge in [-0.05, 0) is 37.9 Å². The molecule has 1 aromatic rings. The van der Waals surface area contributed by atoms with Gasteiger partial charge in [0.15, 0.2) is 0 Å². The van der Waals surface area contributed by atoms with Crippen LogP contribution in [0.5, 0.6) is 0 Å². The van der Waals surface area contributed by atoms with E-state index in [4.69, 9.17) is 0 Å². The molecular formula is C12H18FN. The van der Waals surface area contributed by atoms with E-state index < -0.39 is 0 Å². The average Bonchev–Trinajstić information content (AvgIpc) is 2.18. The van der Waals surface area contributed by atoms with Crippen molar-refractivity contribution in [1.82, 2.24) is 5.32 Å². The summed E-state index contributed by atoms with van der Waals surface area (Å²) in [7, 11) is 0. The van der Waals surface area contributed by atoms with Crippen molar-refractivity contribution < 1.29 is 4.39 Å². The molecular weight excluding hydrogens is 177 g/mol. The molecule has 0 saturated carbocycles. The molecule has 0 spiro atoms. The first-order chi connectivity index (χ1) is 6.75. The maximum absolute atomic E-state index is 11.9. The van der Waals surface area contributed by atoms with E-state index in [1.165, 1.54) is 11.1 Å². The molecule has 0 aliphatic rings. The number of alkyl halides is 1. The third-order valence-electron chi connectivity index (χ3n) is 2.42. The first-order valence-electron chi connectivity index (χ1n) is 5.10. The largest absolute Gasteiger partial charge is 0.310 e. The van der Waals surface area contributed by atoms with Crippen molar-refractivity contribution >= 4 is 0 Å². The molecule has 1 unspecified atom stereocenters. The first kappa shape index (κ1) is 11.2. The highest BCUT2D eigenvalue weighted by atomic mass is 19.1. The van der Waals surface area contributed by atoms with E-state index in [0.29, 0.717) is 12.5 Å². The average molecular weight is 195 g/mol. The number of hydrogen-bond donors (Lipinski definition) is 1. The molecule has 2 heteroatoms. The van der Waals surface area contributed by atoms with Crippen LogP contribution in [0, 0.1) is 6.92 Å². The van der Waals surface area contributed by atoms with Crippen molar-refractivity contribution in [3.05, 3.63) is 35.4 Å². The van der Waals surface area contributed by atoms with Crippen LogP contribution < -0.4 is 5.32 Å². The van der Waals surface area contributed by atoms with Gasteiger partial charge in [0.1, 0.15) is 0 Å². The maximum Gasteiger partial charge on any atom is 0.0906 e. The highest BCUT2D eigenvalue weighted by Crippen LogP contribution is 2.16. The second kappa shape index (κ2) is 5.76. The number of halogens is 1. The van der Waals surface area contributed by atoms with Crippen LogP contribution in [-0.4, -0.2) is 13.2 Å². The number of rotatable bonds is 5. The highest BCUT2D eigenvalue weighted by Gasteiger charge is 2.05. The molecule has 0 heterocycles. The zero-order valence-corrected chi connectivity index (χ0v) is 8.89. The number of hydrogen-bond acceptors (Lipinski definition) is 1.